The fourth-order valence-corrected chi connectivity index (χ4v) is 4.22. The van der Waals surface area contributed by atoms with Crippen LogP contribution in [0.5, 0.6) is 0 Å². The number of esters is 3. The van der Waals surface area contributed by atoms with Crippen LogP contribution in [0.1, 0.15) is 130 Å². The van der Waals surface area contributed by atoms with Crippen LogP contribution >= 0.6 is 0 Å². The molecule has 0 aromatic carbocycles. The SMILES string of the molecule is CCOC(=O)/C(C)=C\CC[C@H](C(=O)OC)N(C(=O)OC(C)(C)C)C(=O)OC(C)(C)C.COC(=O)[C@H](CC/C=C(\C)CO)N(C(=O)OC(C)(C)C)C(=O)OC(C)(C)C. The van der Waals surface area contributed by atoms with Gasteiger partial charge in [0.15, 0.2) is 0 Å². The molecule has 1 N–H and O–H groups in total. The van der Waals surface area contributed by atoms with Gasteiger partial charge in [0.1, 0.15) is 34.5 Å². The van der Waals surface area contributed by atoms with E-state index in [0.29, 0.717) is 27.4 Å². The molecule has 0 aliphatic carbocycles. The summed E-state index contributed by atoms with van der Waals surface area (Å²) in [6, 6.07) is -2.52. The Hall–Kier alpha value is -4.67. The minimum Gasteiger partial charge on any atom is -0.467 e. The molecular formula is C40H68N2O15. The van der Waals surface area contributed by atoms with Gasteiger partial charge in [-0.15, -0.1) is 0 Å². The summed E-state index contributed by atoms with van der Waals surface area (Å²) in [5, 5.41) is 9.08. The minimum absolute atomic E-state index is 0.00189. The molecule has 0 aromatic rings. The molecule has 0 heterocycles. The van der Waals surface area contributed by atoms with Crippen molar-refractivity contribution in [1.82, 2.24) is 9.80 Å². The summed E-state index contributed by atoms with van der Waals surface area (Å²) in [7, 11) is 2.32. The minimum atomic E-state index is -1.30. The molecule has 0 saturated heterocycles. The normalized spacial score (nSPS) is 13.4. The number of nitrogens with zero attached hydrogens (tertiary/aromatic N) is 2. The Morgan fingerprint density at radius 2 is 0.860 bits per heavy atom. The Morgan fingerprint density at radius 1 is 0.561 bits per heavy atom. The van der Waals surface area contributed by atoms with Crippen LogP contribution in [0.2, 0.25) is 0 Å². The van der Waals surface area contributed by atoms with Gasteiger partial charge in [-0.3, -0.25) is 0 Å². The lowest BCUT2D eigenvalue weighted by atomic mass is 10.1. The molecule has 0 rings (SSSR count). The van der Waals surface area contributed by atoms with Gasteiger partial charge in [0.05, 0.1) is 27.4 Å². The first-order valence-electron chi connectivity index (χ1n) is 18.6. The van der Waals surface area contributed by atoms with Gasteiger partial charge in [0.25, 0.3) is 0 Å². The van der Waals surface area contributed by atoms with Gasteiger partial charge in [-0.25, -0.2) is 33.6 Å². The first-order chi connectivity index (χ1) is 25.8. The molecule has 0 aliphatic rings. The second-order valence-corrected chi connectivity index (χ2v) is 16.7. The van der Waals surface area contributed by atoms with E-state index < -0.39 is 76.8 Å². The highest BCUT2D eigenvalue weighted by atomic mass is 16.6. The Bertz CT molecular complexity index is 1370. The number of imide groups is 2. The van der Waals surface area contributed by atoms with Crippen molar-refractivity contribution in [3.63, 3.8) is 0 Å². The van der Waals surface area contributed by atoms with Crippen LogP contribution in [0.4, 0.5) is 19.2 Å². The van der Waals surface area contributed by atoms with Crippen molar-refractivity contribution in [3.05, 3.63) is 23.3 Å². The second kappa shape index (κ2) is 24.2. The fraction of sp³-hybridized carbons (Fsp3) is 0.725. The molecule has 0 fully saturated rings. The summed E-state index contributed by atoms with van der Waals surface area (Å²) in [5.74, 6) is -2.06. The molecule has 0 aliphatic heterocycles. The number of rotatable bonds is 13. The number of aliphatic hydroxyl groups excluding tert-OH is 1. The molecule has 57 heavy (non-hydrogen) atoms. The molecule has 2 atom stereocenters. The van der Waals surface area contributed by atoms with Crippen LogP contribution in [0.3, 0.4) is 0 Å². The van der Waals surface area contributed by atoms with Crippen LogP contribution in [0.25, 0.3) is 0 Å². The third-order valence-corrected chi connectivity index (χ3v) is 6.60. The van der Waals surface area contributed by atoms with Crippen LogP contribution in [0.15, 0.2) is 23.3 Å². The molecule has 0 saturated carbocycles. The molecule has 4 amide bonds. The molecule has 0 spiro atoms. The topological polar surface area (TPSA) is 211 Å². The lowest BCUT2D eigenvalue weighted by Crippen LogP contribution is -2.52. The molecular weight excluding hydrogens is 748 g/mol. The monoisotopic (exact) mass is 816 g/mol. The number of ether oxygens (including phenoxy) is 7. The zero-order valence-corrected chi connectivity index (χ0v) is 37.1. The molecule has 0 bridgehead atoms. The van der Waals surface area contributed by atoms with E-state index in [1.54, 1.807) is 116 Å². The first-order valence-corrected chi connectivity index (χ1v) is 18.6. The molecule has 328 valence electrons. The summed E-state index contributed by atoms with van der Waals surface area (Å²) in [6.07, 6.45) is -0.110. The summed E-state index contributed by atoms with van der Waals surface area (Å²) in [6.45, 7) is 24.8. The van der Waals surface area contributed by atoms with E-state index in [-0.39, 0.29) is 32.5 Å². The molecule has 17 heteroatoms. The highest BCUT2D eigenvalue weighted by Gasteiger charge is 2.42. The van der Waals surface area contributed by atoms with Crippen molar-refractivity contribution in [3.8, 4) is 0 Å². The van der Waals surface area contributed by atoms with Gasteiger partial charge in [-0.1, -0.05) is 17.7 Å². The summed E-state index contributed by atoms with van der Waals surface area (Å²) >= 11 is 0. The van der Waals surface area contributed by atoms with E-state index in [2.05, 4.69) is 0 Å². The Balaban J connectivity index is 0. The maximum Gasteiger partial charge on any atom is 0.420 e. The Morgan fingerprint density at radius 3 is 1.11 bits per heavy atom. The van der Waals surface area contributed by atoms with Crippen LogP contribution in [0, 0.1) is 0 Å². The number of aliphatic hydroxyl groups is 1. The van der Waals surface area contributed by atoms with Crippen molar-refractivity contribution in [2.45, 2.75) is 164 Å². The van der Waals surface area contributed by atoms with Crippen LogP contribution in [-0.4, -0.2) is 119 Å². The van der Waals surface area contributed by atoms with Gasteiger partial charge in [0, 0.05) is 5.57 Å². The van der Waals surface area contributed by atoms with E-state index >= 15 is 0 Å². The van der Waals surface area contributed by atoms with Gasteiger partial charge < -0.3 is 38.3 Å². The lowest BCUT2D eigenvalue weighted by molar-refractivity contribution is -0.147. The first kappa shape index (κ1) is 54.4. The van der Waals surface area contributed by atoms with E-state index in [4.69, 9.17) is 38.3 Å². The quantitative estimate of drug-likeness (QED) is 0.0830. The van der Waals surface area contributed by atoms with E-state index in [0.717, 1.165) is 7.11 Å². The zero-order valence-electron chi connectivity index (χ0n) is 37.1. The van der Waals surface area contributed by atoms with Crippen LogP contribution < -0.4 is 0 Å². The number of hydrogen-bond donors (Lipinski definition) is 1. The number of hydrogen-bond acceptors (Lipinski definition) is 15. The van der Waals surface area contributed by atoms with Crippen LogP contribution in [-0.2, 0) is 47.5 Å². The average molecular weight is 817 g/mol. The third-order valence-electron chi connectivity index (χ3n) is 6.60. The number of allylic oxidation sites excluding steroid dienone is 2. The zero-order chi connectivity index (χ0) is 45.1. The van der Waals surface area contributed by atoms with Crippen molar-refractivity contribution >= 4 is 42.3 Å². The van der Waals surface area contributed by atoms with Gasteiger partial charge in [-0.05, 0) is 130 Å². The molecule has 0 unspecified atom stereocenters. The summed E-state index contributed by atoms with van der Waals surface area (Å²) in [4.78, 5) is 88.5. The number of carbonyl (C=O) groups is 7. The average Bonchev–Trinajstić information content (AvgIpc) is 3.03. The maximum atomic E-state index is 12.7. The van der Waals surface area contributed by atoms with Crippen molar-refractivity contribution in [1.29, 1.82) is 0 Å². The standard InChI is InChI=1S/C21H35NO8.C19H33NO7/c1-10-28-16(23)14(2)12-11-13-15(17(24)27-9)22(18(25)29-20(3,4)5)19(26)30-21(6,7)8;1-13(12-21)10-9-11-14(15(22)25-8)20(16(23)26-18(2,3)4)17(24)27-19(5,6)7/h12,15H,10-11,13H2,1-9H3;10,14,21H,9,11-12H2,1-8H3/b14-12-;13-10+/t15-;14-/m10/s1. The Kier molecular flexibility index (Phi) is 23.1. The van der Waals surface area contributed by atoms with Crippen molar-refractivity contribution < 1.29 is 71.8 Å². The summed E-state index contributed by atoms with van der Waals surface area (Å²) in [5.41, 5.74) is -2.49. The van der Waals surface area contributed by atoms with Crippen molar-refractivity contribution in [2.75, 3.05) is 27.4 Å². The highest BCUT2D eigenvalue weighted by Crippen LogP contribution is 2.22. The largest absolute Gasteiger partial charge is 0.467 e. The number of carbonyl (C=O) groups excluding carboxylic acids is 7. The van der Waals surface area contributed by atoms with E-state index in [9.17, 15) is 33.6 Å². The maximum absolute atomic E-state index is 12.7. The highest BCUT2D eigenvalue weighted by molar-refractivity contribution is 5.95. The predicted molar refractivity (Wildman–Crippen MR) is 210 cm³/mol. The van der Waals surface area contributed by atoms with E-state index in [1.807, 2.05) is 0 Å². The lowest BCUT2D eigenvalue weighted by Gasteiger charge is -2.32. The van der Waals surface area contributed by atoms with Gasteiger partial charge in [0.2, 0.25) is 0 Å². The number of amides is 4. The summed E-state index contributed by atoms with van der Waals surface area (Å²) < 4.78 is 35.6. The molecule has 0 radical (unpaired) electrons. The number of methoxy groups -OCH3 is 2. The molecule has 0 aromatic heterocycles. The van der Waals surface area contributed by atoms with Crippen molar-refractivity contribution in [2.24, 2.45) is 0 Å². The van der Waals surface area contributed by atoms with Gasteiger partial charge >= 0.3 is 42.3 Å². The van der Waals surface area contributed by atoms with E-state index in [1.165, 1.54) is 7.11 Å². The smallest absolute Gasteiger partial charge is 0.420 e. The predicted octanol–water partition coefficient (Wildman–Crippen LogP) is 7.41. The fourth-order valence-electron chi connectivity index (χ4n) is 4.22. The molecule has 17 nitrogen and oxygen atoms in total. The third kappa shape index (κ3) is 23.9. The second-order valence-electron chi connectivity index (χ2n) is 16.7. The Labute approximate surface area is 338 Å². The van der Waals surface area contributed by atoms with Gasteiger partial charge in [-0.2, -0.15) is 9.80 Å².